The van der Waals surface area contributed by atoms with Crippen LogP contribution in [0.15, 0.2) is 41.3 Å². The van der Waals surface area contributed by atoms with E-state index in [1.165, 1.54) is 10.4 Å². The Morgan fingerprint density at radius 2 is 1.94 bits per heavy atom. The lowest BCUT2D eigenvalue weighted by Crippen LogP contribution is -2.30. The zero-order valence-corrected chi connectivity index (χ0v) is 19.7. The standard InChI is InChI=1S/C22H24ClN5O3S/c1-4-28(5-2)32(30,31)17-8-9-20-19(13-17)26-21(27(20)3)10-11-22(29)25-16-7-6-15(14-24)18(23)12-16/h6-9,12-13H,4-5,10-11H2,1-3H3,(H,25,29). The number of amides is 1. The van der Waals surface area contributed by atoms with E-state index in [9.17, 15) is 13.2 Å². The molecule has 0 aliphatic heterocycles. The van der Waals surface area contributed by atoms with E-state index in [2.05, 4.69) is 10.3 Å². The molecule has 1 amide bonds. The van der Waals surface area contributed by atoms with Crippen LogP contribution < -0.4 is 5.32 Å². The van der Waals surface area contributed by atoms with Gasteiger partial charge in [0.05, 0.1) is 26.5 Å². The Labute approximate surface area is 192 Å². The third kappa shape index (κ3) is 4.78. The minimum atomic E-state index is -3.58. The largest absolute Gasteiger partial charge is 0.331 e. The van der Waals surface area contributed by atoms with Gasteiger partial charge in [-0.3, -0.25) is 4.79 Å². The van der Waals surface area contributed by atoms with Crippen LogP contribution in [-0.2, 0) is 28.3 Å². The molecule has 10 heteroatoms. The molecule has 0 unspecified atom stereocenters. The minimum Gasteiger partial charge on any atom is -0.331 e. The first kappa shape index (κ1) is 23.7. The number of nitriles is 1. The van der Waals surface area contributed by atoms with Crippen LogP contribution in [0.4, 0.5) is 5.69 Å². The smallest absolute Gasteiger partial charge is 0.243 e. The van der Waals surface area contributed by atoms with Gasteiger partial charge in [0.25, 0.3) is 0 Å². The number of benzene rings is 2. The Kier molecular flexibility index (Phi) is 7.19. The summed E-state index contributed by atoms with van der Waals surface area (Å²) in [7, 11) is -1.74. The van der Waals surface area contributed by atoms with Crippen molar-refractivity contribution in [3.8, 4) is 6.07 Å². The van der Waals surface area contributed by atoms with Crippen LogP contribution in [0.25, 0.3) is 11.0 Å². The highest BCUT2D eigenvalue weighted by atomic mass is 35.5. The number of aryl methyl sites for hydroxylation is 2. The van der Waals surface area contributed by atoms with E-state index in [-0.39, 0.29) is 22.2 Å². The fraction of sp³-hybridized carbons (Fsp3) is 0.318. The van der Waals surface area contributed by atoms with Crippen molar-refractivity contribution in [2.75, 3.05) is 18.4 Å². The van der Waals surface area contributed by atoms with Crippen LogP contribution in [0.2, 0.25) is 5.02 Å². The second-order valence-electron chi connectivity index (χ2n) is 7.18. The zero-order chi connectivity index (χ0) is 23.5. The number of imidazole rings is 1. The third-order valence-electron chi connectivity index (χ3n) is 5.24. The molecule has 0 fully saturated rings. The van der Waals surface area contributed by atoms with E-state index < -0.39 is 10.0 Å². The van der Waals surface area contributed by atoms with Gasteiger partial charge in [-0.2, -0.15) is 9.57 Å². The molecule has 0 bridgehead atoms. The van der Waals surface area contributed by atoms with Crippen molar-refractivity contribution in [2.45, 2.75) is 31.6 Å². The van der Waals surface area contributed by atoms with Gasteiger partial charge < -0.3 is 9.88 Å². The Hall–Kier alpha value is -2.93. The summed E-state index contributed by atoms with van der Waals surface area (Å²) in [5.41, 5.74) is 2.20. The topological polar surface area (TPSA) is 108 Å². The lowest BCUT2D eigenvalue weighted by Gasteiger charge is -2.18. The molecule has 0 saturated carbocycles. The van der Waals surface area contributed by atoms with Crippen molar-refractivity contribution in [3.05, 3.63) is 52.8 Å². The number of fused-ring (bicyclic) bond motifs is 1. The minimum absolute atomic E-state index is 0.180. The molecule has 1 aromatic heterocycles. The first-order valence-electron chi connectivity index (χ1n) is 10.2. The van der Waals surface area contributed by atoms with Gasteiger partial charge in [0, 0.05) is 38.7 Å². The number of aromatic nitrogens is 2. The molecule has 1 N–H and O–H groups in total. The number of anilines is 1. The van der Waals surface area contributed by atoms with Gasteiger partial charge in [-0.1, -0.05) is 25.4 Å². The number of nitrogens with one attached hydrogen (secondary N) is 1. The lowest BCUT2D eigenvalue weighted by atomic mass is 10.2. The van der Waals surface area contributed by atoms with E-state index in [0.717, 1.165) is 5.52 Å². The highest BCUT2D eigenvalue weighted by Crippen LogP contribution is 2.23. The lowest BCUT2D eigenvalue weighted by molar-refractivity contribution is -0.116. The summed E-state index contributed by atoms with van der Waals surface area (Å²) in [4.78, 5) is 17.1. The molecule has 0 aliphatic carbocycles. The van der Waals surface area contributed by atoms with E-state index >= 15 is 0 Å². The van der Waals surface area contributed by atoms with Crippen molar-refractivity contribution in [1.29, 1.82) is 5.26 Å². The predicted octanol–water partition coefficient (Wildman–Crippen LogP) is 3.70. The highest BCUT2D eigenvalue weighted by Gasteiger charge is 2.22. The van der Waals surface area contributed by atoms with Crippen LogP contribution in [0.1, 0.15) is 31.7 Å². The van der Waals surface area contributed by atoms with E-state index in [1.807, 2.05) is 17.7 Å². The van der Waals surface area contributed by atoms with Crippen LogP contribution >= 0.6 is 11.6 Å². The first-order valence-corrected chi connectivity index (χ1v) is 12.0. The summed E-state index contributed by atoms with van der Waals surface area (Å²) in [6.45, 7) is 4.39. The third-order valence-corrected chi connectivity index (χ3v) is 7.60. The summed E-state index contributed by atoms with van der Waals surface area (Å²) in [6, 6.07) is 11.6. The molecule has 1 heterocycles. The number of hydrogen-bond donors (Lipinski definition) is 1. The second-order valence-corrected chi connectivity index (χ2v) is 9.53. The molecule has 3 aromatic rings. The first-order chi connectivity index (χ1) is 15.2. The molecule has 8 nitrogen and oxygen atoms in total. The van der Waals surface area contributed by atoms with Gasteiger partial charge in [-0.15, -0.1) is 0 Å². The SMILES string of the molecule is CCN(CC)S(=O)(=O)c1ccc2c(c1)nc(CCC(=O)Nc1ccc(C#N)c(Cl)c1)n2C. The van der Waals surface area contributed by atoms with Gasteiger partial charge in [0.1, 0.15) is 11.9 Å². The maximum absolute atomic E-state index is 12.8. The average molecular weight is 474 g/mol. The molecule has 0 atom stereocenters. The Morgan fingerprint density at radius 1 is 1.22 bits per heavy atom. The van der Waals surface area contributed by atoms with E-state index in [4.69, 9.17) is 16.9 Å². The Bertz CT molecular complexity index is 1310. The molecule has 32 heavy (non-hydrogen) atoms. The number of nitrogens with zero attached hydrogens (tertiary/aromatic N) is 4. The van der Waals surface area contributed by atoms with Gasteiger partial charge >= 0.3 is 0 Å². The number of carbonyl (C=O) groups excluding carboxylic acids is 1. The highest BCUT2D eigenvalue weighted by molar-refractivity contribution is 7.89. The van der Waals surface area contributed by atoms with Crippen LogP contribution in [0.5, 0.6) is 0 Å². The number of hydrogen-bond acceptors (Lipinski definition) is 5. The summed E-state index contributed by atoms with van der Waals surface area (Å²) in [5.74, 6) is 0.452. The average Bonchev–Trinajstić information content (AvgIpc) is 3.08. The summed E-state index contributed by atoms with van der Waals surface area (Å²) < 4.78 is 28.8. The number of halogens is 1. The van der Waals surface area contributed by atoms with Crippen molar-refractivity contribution in [2.24, 2.45) is 7.05 Å². The maximum atomic E-state index is 12.8. The van der Waals surface area contributed by atoms with Crippen molar-refractivity contribution >= 4 is 44.3 Å². The monoisotopic (exact) mass is 473 g/mol. The molecule has 168 valence electrons. The van der Waals surface area contributed by atoms with E-state index in [0.29, 0.717) is 42.1 Å². The molecule has 0 radical (unpaired) electrons. The van der Waals surface area contributed by atoms with Gasteiger partial charge in [-0.25, -0.2) is 13.4 Å². The van der Waals surface area contributed by atoms with Crippen molar-refractivity contribution in [3.63, 3.8) is 0 Å². The molecular weight excluding hydrogens is 450 g/mol. The van der Waals surface area contributed by atoms with Crippen LogP contribution in [0, 0.1) is 11.3 Å². The normalized spacial score (nSPS) is 11.6. The molecule has 0 aliphatic rings. The zero-order valence-electron chi connectivity index (χ0n) is 18.1. The fourth-order valence-corrected chi connectivity index (χ4v) is 5.16. The van der Waals surface area contributed by atoms with Crippen molar-refractivity contribution in [1.82, 2.24) is 13.9 Å². The van der Waals surface area contributed by atoms with Crippen molar-refractivity contribution < 1.29 is 13.2 Å². The Morgan fingerprint density at radius 3 is 2.56 bits per heavy atom. The predicted molar refractivity (Wildman–Crippen MR) is 124 cm³/mol. The van der Waals surface area contributed by atoms with Crippen LogP contribution in [0.3, 0.4) is 0 Å². The van der Waals surface area contributed by atoms with Crippen LogP contribution in [-0.4, -0.2) is 41.3 Å². The molecule has 0 spiro atoms. The fourth-order valence-electron chi connectivity index (χ4n) is 3.46. The molecule has 2 aromatic carbocycles. The number of carbonyl (C=O) groups is 1. The van der Waals surface area contributed by atoms with E-state index in [1.54, 1.807) is 44.2 Å². The summed E-state index contributed by atoms with van der Waals surface area (Å²) >= 11 is 6.00. The quantitative estimate of drug-likeness (QED) is 0.536. The van der Waals surface area contributed by atoms with Gasteiger partial charge in [0.15, 0.2) is 0 Å². The maximum Gasteiger partial charge on any atom is 0.243 e. The van der Waals surface area contributed by atoms with Gasteiger partial charge in [-0.05, 0) is 36.4 Å². The molecule has 3 rings (SSSR count). The molecular formula is C22H24ClN5O3S. The molecule has 0 saturated heterocycles. The second kappa shape index (κ2) is 9.69. The number of sulfonamides is 1. The summed E-state index contributed by atoms with van der Waals surface area (Å²) in [6.07, 6.45) is 0.554. The summed E-state index contributed by atoms with van der Waals surface area (Å²) in [5, 5.41) is 12.0. The van der Waals surface area contributed by atoms with Gasteiger partial charge in [0.2, 0.25) is 15.9 Å². The number of rotatable bonds is 8. The Balaban J connectivity index is 1.75.